The predicted octanol–water partition coefficient (Wildman–Crippen LogP) is 4.67. The predicted molar refractivity (Wildman–Crippen MR) is 85.1 cm³/mol. The Morgan fingerprint density at radius 1 is 0.900 bits per heavy atom. The second kappa shape index (κ2) is 5.41. The summed E-state index contributed by atoms with van der Waals surface area (Å²) in [4.78, 5) is 4.50. The molecule has 100 valence electrons. The summed E-state index contributed by atoms with van der Waals surface area (Å²) in [6.45, 7) is 0.451. The van der Waals surface area contributed by atoms with Gasteiger partial charge in [-0.3, -0.25) is 4.98 Å². The topological polar surface area (TPSA) is 38.9 Å². The van der Waals surface area contributed by atoms with Crippen LogP contribution in [0.4, 0.5) is 0 Å². The smallest absolute Gasteiger partial charge is 0.0712 e. The van der Waals surface area contributed by atoms with Crippen LogP contribution < -0.4 is 5.73 Å². The van der Waals surface area contributed by atoms with Crippen molar-refractivity contribution in [3.05, 3.63) is 64.3 Å². The van der Waals surface area contributed by atoms with Crippen LogP contribution in [0.3, 0.4) is 0 Å². The van der Waals surface area contributed by atoms with Crippen molar-refractivity contribution in [1.29, 1.82) is 0 Å². The molecule has 0 radical (unpaired) electrons. The van der Waals surface area contributed by atoms with Crippen LogP contribution in [0, 0.1) is 0 Å². The van der Waals surface area contributed by atoms with Crippen molar-refractivity contribution in [3.63, 3.8) is 0 Å². The lowest BCUT2D eigenvalue weighted by atomic mass is 10.0. The van der Waals surface area contributed by atoms with E-state index in [0.717, 1.165) is 27.6 Å². The second-order valence-corrected chi connectivity index (χ2v) is 5.44. The Hall–Kier alpha value is -1.61. The van der Waals surface area contributed by atoms with Crippen LogP contribution in [0.2, 0.25) is 10.0 Å². The Balaban J connectivity index is 2.19. The highest BCUT2D eigenvalue weighted by atomic mass is 35.5. The normalized spacial score (nSPS) is 10.9. The van der Waals surface area contributed by atoms with Crippen molar-refractivity contribution in [2.24, 2.45) is 5.73 Å². The number of hydrogen-bond donors (Lipinski definition) is 1. The van der Waals surface area contributed by atoms with Crippen LogP contribution in [-0.4, -0.2) is 4.98 Å². The van der Waals surface area contributed by atoms with Crippen LogP contribution in [0.5, 0.6) is 0 Å². The van der Waals surface area contributed by atoms with Crippen molar-refractivity contribution >= 4 is 34.0 Å². The molecule has 0 aliphatic carbocycles. The minimum atomic E-state index is 0.451. The van der Waals surface area contributed by atoms with E-state index in [2.05, 4.69) is 4.98 Å². The largest absolute Gasteiger partial charge is 0.326 e. The monoisotopic (exact) mass is 302 g/mol. The minimum Gasteiger partial charge on any atom is -0.326 e. The van der Waals surface area contributed by atoms with E-state index in [9.17, 15) is 0 Å². The molecule has 1 aromatic heterocycles. The third-order valence-corrected chi connectivity index (χ3v) is 3.72. The number of pyridine rings is 1. The van der Waals surface area contributed by atoms with Gasteiger partial charge in [0.2, 0.25) is 0 Å². The van der Waals surface area contributed by atoms with Crippen molar-refractivity contribution in [3.8, 4) is 11.3 Å². The third-order valence-electron chi connectivity index (χ3n) is 3.25. The van der Waals surface area contributed by atoms with E-state index in [4.69, 9.17) is 28.9 Å². The van der Waals surface area contributed by atoms with Gasteiger partial charge in [0, 0.05) is 33.7 Å². The molecule has 0 aliphatic heterocycles. The fraction of sp³-hybridized carbons (Fsp3) is 0.0625. The molecule has 3 aromatic rings. The molecule has 0 unspecified atom stereocenters. The zero-order valence-corrected chi connectivity index (χ0v) is 12.1. The lowest BCUT2D eigenvalue weighted by molar-refractivity contribution is 1.07. The van der Waals surface area contributed by atoms with E-state index in [1.807, 2.05) is 48.7 Å². The molecule has 0 fully saturated rings. The fourth-order valence-corrected chi connectivity index (χ4v) is 2.58. The summed E-state index contributed by atoms with van der Waals surface area (Å²) < 4.78 is 0. The number of fused-ring (bicyclic) bond motifs is 1. The summed E-state index contributed by atoms with van der Waals surface area (Å²) in [5.74, 6) is 0. The fourth-order valence-electron chi connectivity index (χ4n) is 2.22. The molecule has 0 aliphatic rings. The van der Waals surface area contributed by atoms with Gasteiger partial charge in [-0.15, -0.1) is 0 Å². The maximum atomic E-state index is 6.08. The van der Waals surface area contributed by atoms with Crippen molar-refractivity contribution in [2.75, 3.05) is 0 Å². The number of nitrogens with zero attached hydrogens (tertiary/aromatic N) is 1. The lowest BCUT2D eigenvalue weighted by Gasteiger charge is -2.09. The van der Waals surface area contributed by atoms with E-state index in [-0.39, 0.29) is 0 Å². The highest BCUT2D eigenvalue weighted by Gasteiger charge is 2.07. The van der Waals surface area contributed by atoms with Gasteiger partial charge in [0.15, 0.2) is 0 Å². The number of rotatable bonds is 2. The minimum absolute atomic E-state index is 0.451. The summed E-state index contributed by atoms with van der Waals surface area (Å²) >= 11 is 12.1. The molecule has 0 saturated carbocycles. The highest BCUT2D eigenvalue weighted by Crippen LogP contribution is 2.28. The van der Waals surface area contributed by atoms with Crippen LogP contribution >= 0.6 is 23.2 Å². The van der Waals surface area contributed by atoms with Gasteiger partial charge in [-0.05, 0) is 41.3 Å². The maximum absolute atomic E-state index is 6.08. The molecule has 4 heteroatoms. The van der Waals surface area contributed by atoms with Gasteiger partial charge >= 0.3 is 0 Å². The quantitative estimate of drug-likeness (QED) is 0.747. The molecule has 0 bridgehead atoms. The van der Waals surface area contributed by atoms with Gasteiger partial charge in [-0.25, -0.2) is 0 Å². The molecule has 2 nitrogen and oxygen atoms in total. The first-order chi connectivity index (χ1) is 9.67. The van der Waals surface area contributed by atoms with Crippen molar-refractivity contribution in [2.45, 2.75) is 6.54 Å². The third kappa shape index (κ3) is 2.50. The Bertz CT molecular complexity index is 785. The molecule has 0 saturated heterocycles. The van der Waals surface area contributed by atoms with Crippen molar-refractivity contribution < 1.29 is 0 Å². The molecule has 2 aromatic carbocycles. The average molecular weight is 303 g/mol. The first kappa shape index (κ1) is 13.4. The number of halogens is 2. The van der Waals surface area contributed by atoms with E-state index in [0.29, 0.717) is 16.6 Å². The van der Waals surface area contributed by atoms with Crippen molar-refractivity contribution in [1.82, 2.24) is 4.98 Å². The Labute approximate surface area is 127 Å². The summed E-state index contributed by atoms with van der Waals surface area (Å²) in [5.41, 5.74) is 8.64. The van der Waals surface area contributed by atoms with Gasteiger partial charge in [0.05, 0.1) is 5.69 Å². The molecular formula is C16H12Cl2N2. The maximum Gasteiger partial charge on any atom is 0.0712 e. The SMILES string of the molecule is NCc1ccc(Cl)cc1-c1cc2ccc(Cl)cc2cn1. The first-order valence-corrected chi connectivity index (χ1v) is 6.97. The lowest BCUT2D eigenvalue weighted by Crippen LogP contribution is -1.99. The highest BCUT2D eigenvalue weighted by molar-refractivity contribution is 6.31. The number of benzene rings is 2. The standard InChI is InChI=1S/C16H12Cl2N2/c17-13-3-1-10-6-16(20-9-12(10)5-13)15-7-14(18)4-2-11(15)8-19/h1-7,9H,8,19H2. The van der Waals surface area contributed by atoms with Crippen LogP contribution in [0.25, 0.3) is 22.0 Å². The Morgan fingerprint density at radius 2 is 1.65 bits per heavy atom. The summed E-state index contributed by atoms with van der Waals surface area (Å²) in [5, 5.41) is 3.48. The molecule has 2 N–H and O–H groups in total. The van der Waals surface area contributed by atoms with Crippen LogP contribution in [0.1, 0.15) is 5.56 Å². The summed E-state index contributed by atoms with van der Waals surface area (Å²) in [6.07, 6.45) is 1.82. The van der Waals surface area contributed by atoms with Gasteiger partial charge in [-0.2, -0.15) is 0 Å². The zero-order chi connectivity index (χ0) is 14.1. The van der Waals surface area contributed by atoms with Crippen LogP contribution in [0.15, 0.2) is 48.7 Å². The molecular weight excluding hydrogens is 291 g/mol. The summed E-state index contributed by atoms with van der Waals surface area (Å²) in [7, 11) is 0. The first-order valence-electron chi connectivity index (χ1n) is 6.21. The van der Waals surface area contributed by atoms with Gasteiger partial charge in [0.1, 0.15) is 0 Å². The zero-order valence-electron chi connectivity index (χ0n) is 10.6. The van der Waals surface area contributed by atoms with Gasteiger partial charge < -0.3 is 5.73 Å². The van der Waals surface area contributed by atoms with E-state index in [1.165, 1.54) is 0 Å². The Kier molecular flexibility index (Phi) is 3.62. The summed E-state index contributed by atoms with van der Waals surface area (Å²) in [6, 6.07) is 13.4. The van der Waals surface area contributed by atoms with E-state index in [1.54, 1.807) is 0 Å². The molecule has 0 amide bonds. The molecule has 0 atom stereocenters. The van der Waals surface area contributed by atoms with Crippen LogP contribution in [-0.2, 0) is 6.54 Å². The Morgan fingerprint density at radius 3 is 2.45 bits per heavy atom. The van der Waals surface area contributed by atoms with E-state index < -0.39 is 0 Å². The average Bonchev–Trinajstić information content (AvgIpc) is 2.46. The molecule has 20 heavy (non-hydrogen) atoms. The van der Waals surface area contributed by atoms with Gasteiger partial charge in [-0.1, -0.05) is 35.3 Å². The second-order valence-electron chi connectivity index (χ2n) is 4.57. The van der Waals surface area contributed by atoms with E-state index >= 15 is 0 Å². The number of aromatic nitrogens is 1. The molecule has 1 heterocycles. The number of hydrogen-bond acceptors (Lipinski definition) is 2. The number of nitrogens with two attached hydrogens (primary N) is 1. The van der Waals surface area contributed by atoms with Gasteiger partial charge in [0.25, 0.3) is 0 Å². The molecule has 3 rings (SSSR count). The molecule has 0 spiro atoms.